The molecule has 0 spiro atoms. The number of aromatic nitrogens is 1. The fraction of sp³-hybridized carbons (Fsp3) is 0.333. The molecule has 0 amide bonds. The summed E-state index contributed by atoms with van der Waals surface area (Å²) in [5.41, 5.74) is 2.11. The van der Waals surface area contributed by atoms with Crippen molar-refractivity contribution in [2.45, 2.75) is 37.1 Å². The van der Waals surface area contributed by atoms with Crippen LogP contribution in [-0.2, 0) is 20.4 Å². The number of hydrogen-bond acceptors (Lipinski definition) is 6. The highest BCUT2D eigenvalue weighted by molar-refractivity contribution is 7.99. The van der Waals surface area contributed by atoms with Gasteiger partial charge in [0.25, 0.3) is 0 Å². The molecule has 1 unspecified atom stereocenters. The minimum Gasteiger partial charge on any atom is -0.482 e. The van der Waals surface area contributed by atoms with Gasteiger partial charge in [-0.25, -0.2) is 4.79 Å². The first kappa shape index (κ1) is 27.5. The molecule has 36 heavy (non-hydrogen) atoms. The van der Waals surface area contributed by atoms with Crippen molar-refractivity contribution >= 4 is 17.7 Å². The SMILES string of the molecule is CCOCC(Sc1ccc(OCC(=O)OCC)c(C)c1)c1cccc(-c2ccc(C(F)(F)F)cc2)n1. The summed E-state index contributed by atoms with van der Waals surface area (Å²) in [5.74, 6) is 0.169. The number of esters is 1. The number of thioether (sulfide) groups is 1. The Morgan fingerprint density at radius 1 is 1.03 bits per heavy atom. The van der Waals surface area contributed by atoms with Crippen molar-refractivity contribution in [3.8, 4) is 17.0 Å². The molecule has 3 rings (SSSR count). The van der Waals surface area contributed by atoms with Crippen LogP contribution in [0.1, 0.15) is 35.9 Å². The van der Waals surface area contributed by atoms with Gasteiger partial charge < -0.3 is 14.2 Å². The number of nitrogens with zero attached hydrogens (tertiary/aromatic N) is 1. The highest BCUT2D eigenvalue weighted by Gasteiger charge is 2.30. The van der Waals surface area contributed by atoms with Crippen molar-refractivity contribution in [3.63, 3.8) is 0 Å². The number of hydrogen-bond donors (Lipinski definition) is 0. The molecule has 1 aromatic heterocycles. The summed E-state index contributed by atoms with van der Waals surface area (Å²) in [5, 5.41) is -0.148. The lowest BCUT2D eigenvalue weighted by Crippen LogP contribution is -2.14. The molecule has 5 nitrogen and oxygen atoms in total. The van der Waals surface area contributed by atoms with Crippen molar-refractivity contribution in [1.82, 2.24) is 4.98 Å². The lowest BCUT2D eigenvalue weighted by molar-refractivity contribution is -0.145. The van der Waals surface area contributed by atoms with E-state index in [-0.39, 0.29) is 11.9 Å². The van der Waals surface area contributed by atoms with Gasteiger partial charge in [-0.2, -0.15) is 13.2 Å². The van der Waals surface area contributed by atoms with Crippen molar-refractivity contribution in [1.29, 1.82) is 0 Å². The molecule has 192 valence electrons. The fourth-order valence-corrected chi connectivity index (χ4v) is 4.52. The lowest BCUT2D eigenvalue weighted by atomic mass is 10.1. The Bertz CT molecular complexity index is 1150. The van der Waals surface area contributed by atoms with Crippen molar-refractivity contribution < 1.29 is 32.2 Å². The van der Waals surface area contributed by atoms with Crippen LogP contribution in [0.4, 0.5) is 13.2 Å². The number of alkyl halides is 3. The number of benzene rings is 2. The number of carbonyl (C=O) groups is 1. The molecular formula is C27H28F3NO4S. The van der Waals surface area contributed by atoms with Crippen LogP contribution in [0, 0.1) is 6.92 Å². The van der Waals surface area contributed by atoms with Gasteiger partial charge in [0.1, 0.15) is 5.75 Å². The monoisotopic (exact) mass is 519 g/mol. The maximum absolute atomic E-state index is 12.9. The van der Waals surface area contributed by atoms with Gasteiger partial charge in [0.2, 0.25) is 0 Å². The summed E-state index contributed by atoms with van der Waals surface area (Å²) in [4.78, 5) is 17.3. The Kier molecular flexibility index (Phi) is 9.78. The minimum absolute atomic E-state index is 0.148. The van der Waals surface area contributed by atoms with Gasteiger partial charge in [0.15, 0.2) is 6.61 Å². The predicted molar refractivity (Wildman–Crippen MR) is 133 cm³/mol. The largest absolute Gasteiger partial charge is 0.482 e. The summed E-state index contributed by atoms with van der Waals surface area (Å²) in [6.07, 6.45) is -4.38. The van der Waals surface area contributed by atoms with Crippen LogP contribution in [0.25, 0.3) is 11.3 Å². The Balaban J connectivity index is 1.78. The molecule has 9 heteroatoms. The van der Waals surface area contributed by atoms with Crippen LogP contribution in [-0.4, -0.2) is 37.4 Å². The molecule has 3 aromatic rings. The summed E-state index contributed by atoms with van der Waals surface area (Å²) >= 11 is 1.56. The van der Waals surface area contributed by atoms with E-state index in [2.05, 4.69) is 0 Å². The molecule has 0 aliphatic carbocycles. The third-order valence-corrected chi connectivity index (χ3v) is 6.35. The van der Waals surface area contributed by atoms with E-state index in [1.54, 1.807) is 30.8 Å². The molecular weight excluding hydrogens is 491 g/mol. The van der Waals surface area contributed by atoms with Gasteiger partial charge in [0.05, 0.1) is 35.4 Å². The van der Waals surface area contributed by atoms with Crippen molar-refractivity contribution in [2.24, 2.45) is 0 Å². The van der Waals surface area contributed by atoms with Gasteiger partial charge >= 0.3 is 12.1 Å². The third-order valence-electron chi connectivity index (χ3n) is 5.16. The zero-order valence-corrected chi connectivity index (χ0v) is 21.1. The number of ether oxygens (including phenoxy) is 3. The van der Waals surface area contributed by atoms with E-state index in [0.717, 1.165) is 28.3 Å². The second-order valence-corrected chi connectivity index (χ2v) is 9.09. The Morgan fingerprint density at radius 2 is 1.78 bits per heavy atom. The zero-order chi connectivity index (χ0) is 26.1. The smallest absolute Gasteiger partial charge is 0.416 e. The van der Waals surface area contributed by atoms with Crippen LogP contribution in [0.15, 0.2) is 65.6 Å². The predicted octanol–water partition coefficient (Wildman–Crippen LogP) is 6.89. The number of pyridine rings is 1. The topological polar surface area (TPSA) is 57.7 Å². The first-order chi connectivity index (χ1) is 17.2. The summed E-state index contributed by atoms with van der Waals surface area (Å²) < 4.78 is 54.9. The van der Waals surface area contributed by atoms with Gasteiger partial charge in [-0.1, -0.05) is 18.2 Å². The second kappa shape index (κ2) is 12.8. The number of halogens is 3. The van der Waals surface area contributed by atoms with E-state index >= 15 is 0 Å². The van der Waals surface area contributed by atoms with Crippen LogP contribution in [0.5, 0.6) is 5.75 Å². The van der Waals surface area contributed by atoms with E-state index in [4.69, 9.17) is 19.2 Å². The fourth-order valence-electron chi connectivity index (χ4n) is 3.39. The van der Waals surface area contributed by atoms with E-state index in [1.807, 2.05) is 38.1 Å². The summed E-state index contributed by atoms with van der Waals surface area (Å²) in [6, 6.07) is 16.1. The molecule has 0 aliphatic rings. The molecule has 2 aromatic carbocycles. The molecule has 0 fully saturated rings. The quantitative estimate of drug-likeness (QED) is 0.203. The summed E-state index contributed by atoms with van der Waals surface area (Å²) in [6.45, 7) is 6.63. The zero-order valence-electron chi connectivity index (χ0n) is 20.3. The number of rotatable bonds is 11. The van der Waals surface area contributed by atoms with Crippen LogP contribution in [0.3, 0.4) is 0 Å². The molecule has 0 saturated heterocycles. The van der Waals surface area contributed by atoms with Crippen LogP contribution in [0.2, 0.25) is 0 Å². The Labute approximate surface area is 213 Å². The molecule has 0 N–H and O–H groups in total. The standard InChI is InChI=1S/C27H28F3NO4S/c1-4-33-16-25(36-21-13-14-24(18(3)15-21)35-17-26(32)34-5-2)23-8-6-7-22(31-23)19-9-11-20(12-10-19)27(28,29)30/h6-15,25H,4-5,16-17H2,1-3H3. The Hall–Kier alpha value is -3.04. The van der Waals surface area contributed by atoms with E-state index < -0.39 is 17.7 Å². The maximum Gasteiger partial charge on any atom is 0.416 e. The average Bonchev–Trinajstić information content (AvgIpc) is 2.86. The molecule has 0 bridgehead atoms. The normalized spacial score (nSPS) is 12.3. The molecule has 1 heterocycles. The molecule has 0 radical (unpaired) electrons. The van der Waals surface area contributed by atoms with E-state index in [0.29, 0.717) is 36.8 Å². The highest BCUT2D eigenvalue weighted by atomic mass is 32.2. The molecule has 0 aliphatic heterocycles. The third kappa shape index (κ3) is 7.73. The van der Waals surface area contributed by atoms with E-state index in [1.165, 1.54) is 12.1 Å². The number of aryl methyl sites for hydroxylation is 1. The number of carbonyl (C=O) groups excluding carboxylic acids is 1. The van der Waals surface area contributed by atoms with Gasteiger partial charge in [-0.05, 0) is 68.8 Å². The second-order valence-electron chi connectivity index (χ2n) is 7.81. The van der Waals surface area contributed by atoms with Gasteiger partial charge in [-0.3, -0.25) is 4.98 Å². The first-order valence-corrected chi connectivity index (χ1v) is 12.4. The first-order valence-electron chi connectivity index (χ1n) is 11.5. The Morgan fingerprint density at radius 3 is 2.42 bits per heavy atom. The highest BCUT2D eigenvalue weighted by Crippen LogP contribution is 2.37. The molecule has 0 saturated carbocycles. The van der Waals surface area contributed by atoms with Crippen LogP contribution >= 0.6 is 11.8 Å². The maximum atomic E-state index is 12.9. The lowest BCUT2D eigenvalue weighted by Gasteiger charge is -2.18. The minimum atomic E-state index is -4.38. The van der Waals surface area contributed by atoms with E-state index in [9.17, 15) is 18.0 Å². The molecule has 1 atom stereocenters. The van der Waals surface area contributed by atoms with Gasteiger partial charge in [0, 0.05) is 17.1 Å². The average molecular weight is 520 g/mol. The summed E-state index contributed by atoms with van der Waals surface area (Å²) in [7, 11) is 0. The van der Waals surface area contributed by atoms with Crippen molar-refractivity contribution in [2.75, 3.05) is 26.4 Å². The van der Waals surface area contributed by atoms with Crippen molar-refractivity contribution in [3.05, 3.63) is 77.5 Å². The van der Waals surface area contributed by atoms with Gasteiger partial charge in [-0.15, -0.1) is 11.8 Å². The van der Waals surface area contributed by atoms with Crippen LogP contribution < -0.4 is 4.74 Å².